The second kappa shape index (κ2) is 5.59. The van der Waals surface area contributed by atoms with Crippen molar-refractivity contribution in [1.29, 1.82) is 0 Å². The summed E-state index contributed by atoms with van der Waals surface area (Å²) in [6.45, 7) is 1.81. The molecule has 2 rings (SSSR count). The van der Waals surface area contributed by atoms with E-state index in [0.29, 0.717) is 10.0 Å². The highest BCUT2D eigenvalue weighted by atomic mass is 35.5. The summed E-state index contributed by atoms with van der Waals surface area (Å²) in [7, 11) is 0. The van der Waals surface area contributed by atoms with Crippen LogP contribution in [0.25, 0.3) is 0 Å². The standard InChI is InChI=1S/C14H10Cl2FNO/c1-8-2-3-12(17)13(4-8)18-14(19)9-5-10(15)7-11(16)6-9/h2-7H,1H3,(H,18,19). The van der Waals surface area contributed by atoms with E-state index in [0.717, 1.165) is 5.56 Å². The molecule has 19 heavy (non-hydrogen) atoms. The number of aryl methyl sites for hydroxylation is 1. The number of rotatable bonds is 2. The van der Waals surface area contributed by atoms with Gasteiger partial charge in [0.2, 0.25) is 0 Å². The molecule has 0 unspecified atom stereocenters. The number of halogens is 3. The molecule has 0 atom stereocenters. The fourth-order valence-corrected chi connectivity index (χ4v) is 2.14. The van der Waals surface area contributed by atoms with Crippen LogP contribution in [0.3, 0.4) is 0 Å². The van der Waals surface area contributed by atoms with Gasteiger partial charge in [0.05, 0.1) is 5.69 Å². The van der Waals surface area contributed by atoms with E-state index < -0.39 is 11.7 Å². The lowest BCUT2D eigenvalue weighted by Crippen LogP contribution is -2.13. The molecule has 98 valence electrons. The van der Waals surface area contributed by atoms with Gasteiger partial charge in [-0.2, -0.15) is 0 Å². The van der Waals surface area contributed by atoms with Crippen molar-refractivity contribution in [1.82, 2.24) is 0 Å². The van der Waals surface area contributed by atoms with E-state index in [4.69, 9.17) is 23.2 Å². The Kier molecular flexibility index (Phi) is 4.08. The molecule has 0 aliphatic heterocycles. The summed E-state index contributed by atoms with van der Waals surface area (Å²) in [5, 5.41) is 3.19. The molecular formula is C14H10Cl2FNO. The zero-order valence-corrected chi connectivity index (χ0v) is 11.5. The van der Waals surface area contributed by atoms with Crippen molar-refractivity contribution < 1.29 is 9.18 Å². The van der Waals surface area contributed by atoms with E-state index in [-0.39, 0.29) is 11.3 Å². The molecular weight excluding hydrogens is 288 g/mol. The number of nitrogens with one attached hydrogen (secondary N) is 1. The lowest BCUT2D eigenvalue weighted by molar-refractivity contribution is 0.102. The Morgan fingerprint density at radius 1 is 1.11 bits per heavy atom. The molecule has 0 saturated heterocycles. The maximum absolute atomic E-state index is 13.5. The van der Waals surface area contributed by atoms with Crippen molar-refractivity contribution in [3.05, 3.63) is 63.4 Å². The number of anilines is 1. The molecule has 0 aliphatic carbocycles. The minimum absolute atomic E-state index is 0.126. The first-order chi connectivity index (χ1) is 8.95. The average Bonchev–Trinajstić information content (AvgIpc) is 2.32. The lowest BCUT2D eigenvalue weighted by Gasteiger charge is -2.08. The van der Waals surface area contributed by atoms with E-state index in [9.17, 15) is 9.18 Å². The van der Waals surface area contributed by atoms with Crippen LogP contribution < -0.4 is 5.32 Å². The zero-order valence-electron chi connectivity index (χ0n) is 10.0. The Morgan fingerprint density at radius 2 is 1.74 bits per heavy atom. The molecule has 2 aromatic rings. The number of carbonyl (C=O) groups excluding carboxylic acids is 1. The van der Waals surface area contributed by atoms with Gasteiger partial charge in [0.25, 0.3) is 5.91 Å². The fraction of sp³-hybridized carbons (Fsp3) is 0.0714. The van der Waals surface area contributed by atoms with Crippen molar-refractivity contribution in [2.75, 3.05) is 5.32 Å². The second-order valence-corrected chi connectivity index (χ2v) is 4.97. The Labute approximate surface area is 120 Å². The molecule has 1 N–H and O–H groups in total. The van der Waals surface area contributed by atoms with Gasteiger partial charge in [-0.25, -0.2) is 4.39 Å². The Balaban J connectivity index is 2.28. The maximum Gasteiger partial charge on any atom is 0.255 e. The summed E-state index contributed by atoms with van der Waals surface area (Å²) in [4.78, 5) is 12.0. The fourth-order valence-electron chi connectivity index (χ4n) is 1.61. The van der Waals surface area contributed by atoms with Gasteiger partial charge in [-0.1, -0.05) is 29.3 Å². The first-order valence-electron chi connectivity index (χ1n) is 5.49. The molecule has 0 radical (unpaired) electrons. The van der Waals surface area contributed by atoms with Gasteiger partial charge in [0, 0.05) is 15.6 Å². The molecule has 2 aromatic carbocycles. The van der Waals surface area contributed by atoms with Crippen molar-refractivity contribution >= 4 is 34.8 Å². The van der Waals surface area contributed by atoms with Crippen LogP contribution in [-0.4, -0.2) is 5.91 Å². The Morgan fingerprint density at radius 3 is 2.37 bits per heavy atom. The molecule has 0 aliphatic rings. The number of hydrogen-bond acceptors (Lipinski definition) is 1. The number of hydrogen-bond donors (Lipinski definition) is 1. The Hall–Kier alpha value is -1.58. The van der Waals surface area contributed by atoms with E-state index >= 15 is 0 Å². The smallest absolute Gasteiger partial charge is 0.255 e. The minimum atomic E-state index is -0.493. The molecule has 5 heteroatoms. The molecule has 2 nitrogen and oxygen atoms in total. The predicted octanol–water partition coefficient (Wildman–Crippen LogP) is 4.69. The van der Waals surface area contributed by atoms with E-state index in [1.807, 2.05) is 6.92 Å². The van der Waals surface area contributed by atoms with Crippen molar-refractivity contribution in [3.63, 3.8) is 0 Å². The van der Waals surface area contributed by atoms with Crippen LogP contribution in [0.2, 0.25) is 10.0 Å². The van der Waals surface area contributed by atoms with Gasteiger partial charge in [-0.05, 0) is 42.8 Å². The molecule has 0 heterocycles. The van der Waals surface area contributed by atoms with Crippen LogP contribution in [0, 0.1) is 12.7 Å². The number of carbonyl (C=O) groups is 1. The summed E-state index contributed by atoms with van der Waals surface area (Å²) >= 11 is 11.6. The van der Waals surface area contributed by atoms with Crippen LogP contribution in [0.1, 0.15) is 15.9 Å². The van der Waals surface area contributed by atoms with E-state index in [2.05, 4.69) is 5.32 Å². The first-order valence-corrected chi connectivity index (χ1v) is 6.25. The highest BCUT2D eigenvalue weighted by Gasteiger charge is 2.11. The summed E-state index contributed by atoms with van der Waals surface area (Å²) in [6.07, 6.45) is 0. The summed E-state index contributed by atoms with van der Waals surface area (Å²) < 4.78 is 13.5. The van der Waals surface area contributed by atoms with Crippen LogP contribution in [0.5, 0.6) is 0 Å². The average molecular weight is 298 g/mol. The van der Waals surface area contributed by atoms with Gasteiger partial charge in [-0.3, -0.25) is 4.79 Å². The molecule has 0 spiro atoms. The van der Waals surface area contributed by atoms with Gasteiger partial charge in [0.1, 0.15) is 5.82 Å². The topological polar surface area (TPSA) is 29.1 Å². The highest BCUT2D eigenvalue weighted by Crippen LogP contribution is 2.21. The zero-order chi connectivity index (χ0) is 14.0. The summed E-state index contributed by atoms with van der Waals surface area (Å²) in [5.74, 6) is -0.957. The van der Waals surface area contributed by atoms with Crippen LogP contribution in [-0.2, 0) is 0 Å². The second-order valence-electron chi connectivity index (χ2n) is 4.10. The summed E-state index contributed by atoms with van der Waals surface area (Å²) in [5.41, 5.74) is 1.25. The van der Waals surface area contributed by atoms with E-state index in [1.165, 1.54) is 24.3 Å². The predicted molar refractivity (Wildman–Crippen MR) is 75.6 cm³/mol. The van der Waals surface area contributed by atoms with Gasteiger partial charge < -0.3 is 5.32 Å². The maximum atomic E-state index is 13.5. The molecule has 0 fully saturated rings. The minimum Gasteiger partial charge on any atom is -0.319 e. The monoisotopic (exact) mass is 297 g/mol. The van der Waals surface area contributed by atoms with Crippen molar-refractivity contribution in [3.8, 4) is 0 Å². The number of benzene rings is 2. The van der Waals surface area contributed by atoms with Gasteiger partial charge in [0.15, 0.2) is 0 Å². The van der Waals surface area contributed by atoms with Crippen molar-refractivity contribution in [2.45, 2.75) is 6.92 Å². The van der Waals surface area contributed by atoms with E-state index in [1.54, 1.807) is 12.1 Å². The third-order valence-corrected chi connectivity index (χ3v) is 2.93. The highest BCUT2D eigenvalue weighted by molar-refractivity contribution is 6.35. The third kappa shape index (κ3) is 3.46. The SMILES string of the molecule is Cc1ccc(F)c(NC(=O)c2cc(Cl)cc(Cl)c2)c1. The molecule has 1 amide bonds. The summed E-state index contributed by atoms with van der Waals surface area (Å²) in [6, 6.07) is 8.94. The number of amides is 1. The normalized spacial score (nSPS) is 10.3. The quantitative estimate of drug-likeness (QED) is 0.856. The lowest BCUT2D eigenvalue weighted by atomic mass is 10.2. The third-order valence-electron chi connectivity index (χ3n) is 2.49. The van der Waals surface area contributed by atoms with Gasteiger partial charge in [-0.15, -0.1) is 0 Å². The largest absolute Gasteiger partial charge is 0.319 e. The molecule has 0 bridgehead atoms. The van der Waals surface area contributed by atoms with Crippen LogP contribution >= 0.6 is 23.2 Å². The first kappa shape index (κ1) is 13.8. The van der Waals surface area contributed by atoms with Crippen LogP contribution in [0.4, 0.5) is 10.1 Å². The molecule has 0 saturated carbocycles. The van der Waals surface area contributed by atoms with Crippen LogP contribution in [0.15, 0.2) is 36.4 Å². The Bertz CT molecular complexity index is 623. The molecule has 0 aromatic heterocycles. The van der Waals surface area contributed by atoms with Crippen molar-refractivity contribution in [2.24, 2.45) is 0 Å². The van der Waals surface area contributed by atoms with Gasteiger partial charge >= 0.3 is 0 Å².